The Hall–Kier alpha value is -4.18. The highest BCUT2D eigenvalue weighted by atomic mass is 32.2. The lowest BCUT2D eigenvalue weighted by Crippen LogP contribution is -2.19. The zero-order chi connectivity index (χ0) is 28.4. The van der Waals surface area contributed by atoms with E-state index >= 15 is 0 Å². The van der Waals surface area contributed by atoms with Gasteiger partial charge in [-0.1, -0.05) is 39.0 Å². The Kier molecular flexibility index (Phi) is 7.78. The van der Waals surface area contributed by atoms with Crippen molar-refractivity contribution in [3.63, 3.8) is 0 Å². The van der Waals surface area contributed by atoms with Gasteiger partial charge in [-0.15, -0.1) is 0 Å². The number of carbonyl (C=O) groups is 2. The molecule has 0 aliphatic carbocycles. The van der Waals surface area contributed by atoms with Crippen molar-refractivity contribution in [3.05, 3.63) is 89.9 Å². The number of fused-ring (bicyclic) bond motifs is 1. The van der Waals surface area contributed by atoms with E-state index < -0.39 is 15.9 Å². The molecule has 0 aliphatic rings. The van der Waals surface area contributed by atoms with E-state index in [-0.39, 0.29) is 23.7 Å². The summed E-state index contributed by atoms with van der Waals surface area (Å²) < 4.78 is 41.6. The number of rotatable bonds is 8. The van der Waals surface area contributed by atoms with Gasteiger partial charge in [0.1, 0.15) is 11.5 Å². The first-order chi connectivity index (χ1) is 18.3. The minimum atomic E-state index is -3.43. The van der Waals surface area contributed by atoms with Gasteiger partial charge in [0.15, 0.2) is 0 Å². The lowest BCUT2D eigenvalue weighted by atomic mass is 9.92. The molecule has 0 saturated carbocycles. The van der Waals surface area contributed by atoms with E-state index in [4.69, 9.17) is 0 Å². The Morgan fingerprint density at radius 2 is 1.51 bits per heavy atom. The molecular formula is C29H31FN4O4S. The van der Waals surface area contributed by atoms with Gasteiger partial charge in [0, 0.05) is 39.9 Å². The van der Waals surface area contributed by atoms with E-state index in [1.54, 1.807) is 59.2 Å². The van der Waals surface area contributed by atoms with Crippen LogP contribution >= 0.6 is 0 Å². The number of hydrogen-bond acceptors (Lipinski definition) is 4. The number of amides is 2. The second-order valence-electron chi connectivity index (χ2n) is 10.7. The van der Waals surface area contributed by atoms with Crippen LogP contribution in [-0.4, -0.2) is 31.1 Å². The topological polar surface area (TPSA) is 109 Å². The van der Waals surface area contributed by atoms with E-state index in [1.165, 1.54) is 18.2 Å². The van der Waals surface area contributed by atoms with Crippen LogP contribution in [0.4, 0.5) is 21.5 Å². The molecule has 0 bridgehead atoms. The molecule has 1 heterocycles. The van der Waals surface area contributed by atoms with Crippen LogP contribution in [0, 0.1) is 11.2 Å². The molecule has 0 spiro atoms. The number of carbonyl (C=O) groups excluding carboxylic acids is 2. The van der Waals surface area contributed by atoms with Crippen LogP contribution < -0.4 is 15.4 Å². The Labute approximate surface area is 227 Å². The molecule has 4 rings (SSSR count). The van der Waals surface area contributed by atoms with Crippen LogP contribution in [0.25, 0.3) is 10.9 Å². The van der Waals surface area contributed by atoms with Crippen molar-refractivity contribution < 1.29 is 22.4 Å². The largest absolute Gasteiger partial charge is 0.332 e. The fraction of sp³-hybridized carbons (Fsp3) is 0.241. The highest BCUT2D eigenvalue weighted by Crippen LogP contribution is 2.27. The molecular weight excluding hydrogens is 519 g/mol. The summed E-state index contributed by atoms with van der Waals surface area (Å²) in [5.41, 5.74) is 2.67. The third-order valence-electron chi connectivity index (χ3n) is 5.84. The standard InChI is InChI=1S/C29H31FN4O4S/c1-29(2,3)17-27(35)31-23-13-14-25-20(15-23)16-26(34(25)18-19-7-5-6-8-24(19)30)28(36)32-21-9-11-22(12-10-21)33-39(4,37)38/h5-16,33H,17-18H2,1-4H3,(H,31,35)(H,32,36). The van der Waals surface area contributed by atoms with Gasteiger partial charge < -0.3 is 15.2 Å². The van der Waals surface area contributed by atoms with Crippen LogP contribution in [0.1, 0.15) is 43.2 Å². The maximum Gasteiger partial charge on any atom is 0.272 e. The van der Waals surface area contributed by atoms with Crippen molar-refractivity contribution in [3.8, 4) is 0 Å². The van der Waals surface area contributed by atoms with Crippen molar-refractivity contribution in [2.75, 3.05) is 21.6 Å². The van der Waals surface area contributed by atoms with Crippen LogP contribution in [0.15, 0.2) is 72.8 Å². The van der Waals surface area contributed by atoms with Crippen molar-refractivity contribution in [1.82, 2.24) is 4.57 Å². The number of halogens is 1. The smallest absolute Gasteiger partial charge is 0.272 e. The first-order valence-electron chi connectivity index (χ1n) is 12.3. The molecule has 204 valence electrons. The minimum absolute atomic E-state index is 0.112. The van der Waals surface area contributed by atoms with Gasteiger partial charge in [-0.3, -0.25) is 14.3 Å². The fourth-order valence-corrected chi connectivity index (χ4v) is 4.79. The summed E-state index contributed by atoms with van der Waals surface area (Å²) in [6.45, 7) is 6.07. The molecule has 3 aromatic carbocycles. The van der Waals surface area contributed by atoms with Crippen LogP contribution in [0.5, 0.6) is 0 Å². The van der Waals surface area contributed by atoms with Crippen LogP contribution in [-0.2, 0) is 21.4 Å². The van der Waals surface area contributed by atoms with E-state index in [9.17, 15) is 22.4 Å². The van der Waals surface area contributed by atoms with Gasteiger partial charge in [0.2, 0.25) is 15.9 Å². The molecule has 0 fully saturated rings. The molecule has 0 atom stereocenters. The Bertz CT molecular complexity index is 1640. The second-order valence-corrected chi connectivity index (χ2v) is 12.4. The number of nitrogens with zero attached hydrogens (tertiary/aromatic N) is 1. The Morgan fingerprint density at radius 3 is 2.15 bits per heavy atom. The van der Waals surface area contributed by atoms with Gasteiger partial charge in [0.05, 0.1) is 12.8 Å². The van der Waals surface area contributed by atoms with Crippen molar-refractivity contribution in [1.29, 1.82) is 0 Å². The molecule has 0 radical (unpaired) electrons. The molecule has 0 unspecified atom stereocenters. The maximum absolute atomic E-state index is 14.5. The average Bonchev–Trinajstić information content (AvgIpc) is 3.17. The molecule has 2 amide bonds. The summed E-state index contributed by atoms with van der Waals surface area (Å²) in [4.78, 5) is 25.9. The molecule has 1 aromatic heterocycles. The van der Waals surface area contributed by atoms with E-state index in [1.807, 2.05) is 20.8 Å². The van der Waals surface area contributed by atoms with Crippen molar-refractivity contribution in [2.24, 2.45) is 5.41 Å². The predicted octanol–water partition coefficient (Wildman–Crippen LogP) is 5.83. The fourth-order valence-electron chi connectivity index (χ4n) is 4.22. The normalized spacial score (nSPS) is 11.8. The zero-order valence-corrected chi connectivity index (χ0v) is 23.0. The van der Waals surface area contributed by atoms with Gasteiger partial charge in [-0.05, 0) is 60.0 Å². The van der Waals surface area contributed by atoms with E-state index in [2.05, 4.69) is 15.4 Å². The summed E-state index contributed by atoms with van der Waals surface area (Å²) in [6.07, 6.45) is 1.41. The van der Waals surface area contributed by atoms with Gasteiger partial charge in [-0.25, -0.2) is 12.8 Å². The molecule has 4 aromatic rings. The lowest BCUT2D eigenvalue weighted by Gasteiger charge is -2.17. The SMILES string of the molecule is CC(C)(C)CC(=O)Nc1ccc2c(c1)cc(C(=O)Nc1ccc(NS(C)(=O)=O)cc1)n2Cc1ccccc1F. The Balaban J connectivity index is 1.66. The van der Waals surface area contributed by atoms with Crippen LogP contribution in [0.2, 0.25) is 0 Å². The van der Waals surface area contributed by atoms with E-state index in [0.29, 0.717) is 45.6 Å². The lowest BCUT2D eigenvalue weighted by molar-refractivity contribution is -0.117. The van der Waals surface area contributed by atoms with Crippen LogP contribution in [0.3, 0.4) is 0 Å². The summed E-state index contributed by atoms with van der Waals surface area (Å²) in [5, 5.41) is 6.44. The highest BCUT2D eigenvalue weighted by molar-refractivity contribution is 7.92. The molecule has 0 saturated heterocycles. The molecule has 39 heavy (non-hydrogen) atoms. The zero-order valence-electron chi connectivity index (χ0n) is 22.2. The average molecular weight is 551 g/mol. The third kappa shape index (κ3) is 7.44. The number of anilines is 3. The number of benzene rings is 3. The maximum atomic E-state index is 14.5. The number of aromatic nitrogens is 1. The molecule has 8 nitrogen and oxygen atoms in total. The quantitative estimate of drug-likeness (QED) is 0.257. The summed E-state index contributed by atoms with van der Waals surface area (Å²) >= 11 is 0. The number of sulfonamides is 1. The Morgan fingerprint density at radius 1 is 0.872 bits per heavy atom. The number of nitrogens with one attached hydrogen (secondary N) is 3. The summed E-state index contributed by atoms with van der Waals surface area (Å²) in [6, 6.07) is 19.7. The highest BCUT2D eigenvalue weighted by Gasteiger charge is 2.19. The molecule has 3 N–H and O–H groups in total. The second kappa shape index (κ2) is 10.9. The monoisotopic (exact) mass is 550 g/mol. The van der Waals surface area contributed by atoms with Crippen molar-refractivity contribution in [2.45, 2.75) is 33.7 Å². The first-order valence-corrected chi connectivity index (χ1v) is 14.2. The predicted molar refractivity (Wildman–Crippen MR) is 153 cm³/mol. The number of hydrogen-bond donors (Lipinski definition) is 3. The molecule has 0 aliphatic heterocycles. The third-order valence-corrected chi connectivity index (χ3v) is 6.45. The first kappa shape index (κ1) is 27.8. The van der Waals surface area contributed by atoms with Gasteiger partial charge in [-0.2, -0.15) is 0 Å². The summed E-state index contributed by atoms with van der Waals surface area (Å²) in [5.74, 6) is -0.921. The van der Waals surface area contributed by atoms with Gasteiger partial charge in [0.25, 0.3) is 5.91 Å². The summed E-state index contributed by atoms with van der Waals surface area (Å²) in [7, 11) is -3.43. The van der Waals surface area contributed by atoms with Gasteiger partial charge >= 0.3 is 0 Å². The minimum Gasteiger partial charge on any atom is -0.332 e. The van der Waals surface area contributed by atoms with Crippen molar-refractivity contribution >= 4 is 49.8 Å². The van der Waals surface area contributed by atoms with E-state index in [0.717, 1.165) is 6.26 Å². The molecule has 10 heteroatoms.